The van der Waals surface area contributed by atoms with Crippen LogP contribution in [0.4, 0.5) is 0 Å². The smallest absolute Gasteiger partial charge is 0.307 e. The molecule has 2 rings (SSSR count). The maximum absolute atomic E-state index is 12.6. The number of methoxy groups -OCH3 is 1. The molecule has 0 spiro atoms. The monoisotopic (exact) mass is 350 g/mol. The van der Waals surface area contributed by atoms with Crippen LogP contribution in [0.25, 0.3) is 0 Å². The lowest BCUT2D eigenvalue weighted by molar-refractivity contribution is -0.140. The molecule has 0 aliphatic rings. The van der Waals surface area contributed by atoms with Crippen LogP contribution in [0.1, 0.15) is 22.5 Å². The van der Waals surface area contributed by atoms with Gasteiger partial charge in [-0.25, -0.2) is 4.98 Å². The fraction of sp³-hybridized carbons (Fsp3) is 0.312. The summed E-state index contributed by atoms with van der Waals surface area (Å²) in [5, 5.41) is 2.00. The highest BCUT2D eigenvalue weighted by Crippen LogP contribution is 2.27. The normalized spacial score (nSPS) is 10.3. The number of carbonyl (C=O) groups is 2. The largest absolute Gasteiger partial charge is 0.469 e. The lowest BCUT2D eigenvalue weighted by Crippen LogP contribution is -2.29. The molecule has 1 heterocycles. The Morgan fingerprint density at radius 1 is 1.35 bits per heavy atom. The topological polar surface area (TPSA) is 59.5 Å². The number of aromatic nitrogens is 1. The van der Waals surface area contributed by atoms with E-state index in [-0.39, 0.29) is 18.3 Å². The molecule has 23 heavy (non-hydrogen) atoms. The Hall–Kier alpha value is -1.86. The predicted molar refractivity (Wildman–Crippen MR) is 91.7 cm³/mol. The third-order valence-corrected chi connectivity index (χ3v) is 4.94. The van der Waals surface area contributed by atoms with Crippen molar-refractivity contribution in [1.82, 2.24) is 9.88 Å². The van der Waals surface area contributed by atoms with Crippen LogP contribution in [0.15, 0.2) is 40.1 Å². The molecule has 1 amide bonds. The van der Waals surface area contributed by atoms with E-state index in [1.54, 1.807) is 46.6 Å². The Morgan fingerprint density at radius 2 is 2.13 bits per heavy atom. The zero-order valence-electron chi connectivity index (χ0n) is 13.0. The minimum Gasteiger partial charge on any atom is -0.469 e. The second kappa shape index (κ2) is 8.69. The van der Waals surface area contributed by atoms with Crippen LogP contribution < -0.4 is 0 Å². The highest BCUT2D eigenvalue weighted by atomic mass is 32.2. The quantitative estimate of drug-likeness (QED) is 0.567. The Kier molecular flexibility index (Phi) is 6.61. The van der Waals surface area contributed by atoms with Gasteiger partial charge in [0.2, 0.25) is 0 Å². The zero-order valence-corrected chi connectivity index (χ0v) is 14.7. The van der Waals surface area contributed by atoms with Crippen LogP contribution in [-0.2, 0) is 15.3 Å². The average Bonchev–Trinajstić information content (AvgIpc) is 3.10. The van der Waals surface area contributed by atoms with E-state index in [9.17, 15) is 9.59 Å². The molecule has 1 aromatic heterocycles. The van der Waals surface area contributed by atoms with Crippen LogP contribution >= 0.6 is 23.1 Å². The number of esters is 1. The third-order valence-electron chi connectivity index (χ3n) is 3.20. The van der Waals surface area contributed by atoms with Crippen molar-refractivity contribution in [2.45, 2.75) is 17.1 Å². The number of thioether (sulfide) groups is 1. The van der Waals surface area contributed by atoms with Gasteiger partial charge >= 0.3 is 5.97 Å². The fourth-order valence-corrected chi connectivity index (χ4v) is 3.51. The predicted octanol–water partition coefficient (Wildman–Crippen LogP) is 3.07. The summed E-state index contributed by atoms with van der Waals surface area (Å²) in [5.41, 5.74) is 3.44. The molecule has 0 aliphatic carbocycles. The van der Waals surface area contributed by atoms with Crippen LogP contribution in [-0.4, -0.2) is 42.5 Å². The maximum Gasteiger partial charge on any atom is 0.307 e. The average molecular weight is 350 g/mol. The number of carbonyl (C=O) groups excluding carboxylic acids is 2. The van der Waals surface area contributed by atoms with Crippen LogP contribution in [0, 0.1) is 0 Å². The number of benzene rings is 1. The number of hydrogen-bond acceptors (Lipinski definition) is 6. The first-order valence-corrected chi connectivity index (χ1v) is 8.96. The number of amides is 1. The summed E-state index contributed by atoms with van der Waals surface area (Å²) >= 11 is 3.14. The van der Waals surface area contributed by atoms with Crippen LogP contribution in [0.5, 0.6) is 0 Å². The molecule has 0 aliphatic heterocycles. The Labute approximate surface area is 143 Å². The van der Waals surface area contributed by atoms with Crippen molar-refractivity contribution in [3.05, 3.63) is 46.4 Å². The van der Waals surface area contributed by atoms with Gasteiger partial charge in [-0.1, -0.05) is 12.1 Å². The van der Waals surface area contributed by atoms with E-state index in [2.05, 4.69) is 9.72 Å². The molecule has 0 saturated heterocycles. The molecule has 0 radical (unpaired) electrons. The van der Waals surface area contributed by atoms with Crippen molar-refractivity contribution >= 4 is 35.0 Å². The Morgan fingerprint density at radius 3 is 2.83 bits per heavy atom. The summed E-state index contributed by atoms with van der Waals surface area (Å²) in [6.07, 6.45) is 0.187. The molecule has 0 N–H and O–H groups in total. The first-order valence-electron chi connectivity index (χ1n) is 7.03. The van der Waals surface area contributed by atoms with Gasteiger partial charge in [0.25, 0.3) is 5.91 Å². The summed E-state index contributed by atoms with van der Waals surface area (Å²) in [5.74, 6) is 0.297. The standard InChI is InChI=1S/C16H18N2O3S2/c1-18(8-7-15(19)21-2)16(20)13-5-3-4-6-14(13)23-10-12-9-22-11-17-12/h3-6,9,11H,7-8,10H2,1-2H3. The van der Waals surface area contributed by atoms with Crippen molar-refractivity contribution in [2.75, 3.05) is 20.7 Å². The second-order valence-electron chi connectivity index (χ2n) is 4.82. The molecule has 2 aromatic rings. The summed E-state index contributed by atoms with van der Waals surface area (Å²) in [6.45, 7) is 0.330. The summed E-state index contributed by atoms with van der Waals surface area (Å²) in [4.78, 5) is 30.5. The Bertz CT molecular complexity index is 659. The molecular weight excluding hydrogens is 332 g/mol. The van der Waals surface area contributed by atoms with Crippen molar-refractivity contribution < 1.29 is 14.3 Å². The summed E-state index contributed by atoms with van der Waals surface area (Å²) < 4.78 is 4.60. The van der Waals surface area contributed by atoms with Crippen molar-refractivity contribution in [3.63, 3.8) is 0 Å². The molecule has 5 nitrogen and oxygen atoms in total. The Balaban J connectivity index is 2.03. The highest BCUT2D eigenvalue weighted by molar-refractivity contribution is 7.98. The first kappa shape index (κ1) is 17.5. The summed E-state index contributed by atoms with van der Waals surface area (Å²) in [6, 6.07) is 7.49. The van der Waals surface area contributed by atoms with Gasteiger partial charge in [0.1, 0.15) is 0 Å². The minimum atomic E-state index is -0.323. The molecule has 1 aromatic carbocycles. The van der Waals surface area contributed by atoms with Gasteiger partial charge in [-0.05, 0) is 12.1 Å². The maximum atomic E-state index is 12.6. The number of ether oxygens (including phenoxy) is 1. The van der Waals surface area contributed by atoms with E-state index in [0.29, 0.717) is 12.1 Å². The molecule has 0 unspecified atom stereocenters. The minimum absolute atomic E-state index is 0.102. The zero-order chi connectivity index (χ0) is 16.7. The first-order chi connectivity index (χ1) is 11.1. The van der Waals surface area contributed by atoms with E-state index in [1.807, 2.05) is 23.6 Å². The van der Waals surface area contributed by atoms with Crippen LogP contribution in [0.2, 0.25) is 0 Å². The van der Waals surface area contributed by atoms with Crippen molar-refractivity contribution in [3.8, 4) is 0 Å². The van der Waals surface area contributed by atoms with Gasteiger partial charge in [0, 0.05) is 29.6 Å². The number of rotatable bonds is 7. The van der Waals surface area contributed by atoms with Gasteiger partial charge in [0.05, 0.1) is 30.3 Å². The highest BCUT2D eigenvalue weighted by Gasteiger charge is 2.17. The number of hydrogen-bond donors (Lipinski definition) is 0. The molecule has 0 fully saturated rings. The molecule has 0 atom stereocenters. The van der Waals surface area contributed by atoms with Crippen LogP contribution in [0.3, 0.4) is 0 Å². The molecular formula is C16H18N2O3S2. The molecule has 0 saturated carbocycles. The number of thiazole rings is 1. The third kappa shape index (κ3) is 5.07. The van der Waals surface area contributed by atoms with Gasteiger partial charge in [0.15, 0.2) is 0 Å². The van der Waals surface area contributed by atoms with E-state index in [1.165, 1.54) is 7.11 Å². The molecule has 7 heteroatoms. The lowest BCUT2D eigenvalue weighted by atomic mass is 10.2. The van der Waals surface area contributed by atoms with Gasteiger partial charge < -0.3 is 9.64 Å². The van der Waals surface area contributed by atoms with Crippen molar-refractivity contribution in [1.29, 1.82) is 0 Å². The van der Waals surface area contributed by atoms with Gasteiger partial charge in [-0.15, -0.1) is 23.1 Å². The van der Waals surface area contributed by atoms with Gasteiger partial charge in [-0.3, -0.25) is 9.59 Å². The molecule has 0 bridgehead atoms. The van der Waals surface area contributed by atoms with E-state index >= 15 is 0 Å². The van der Waals surface area contributed by atoms with E-state index in [0.717, 1.165) is 16.3 Å². The SMILES string of the molecule is COC(=O)CCN(C)C(=O)c1ccccc1SCc1cscn1. The van der Waals surface area contributed by atoms with Gasteiger partial charge in [-0.2, -0.15) is 0 Å². The number of nitrogens with zero attached hydrogens (tertiary/aromatic N) is 2. The van der Waals surface area contributed by atoms with Crippen molar-refractivity contribution in [2.24, 2.45) is 0 Å². The lowest BCUT2D eigenvalue weighted by Gasteiger charge is -2.18. The summed E-state index contributed by atoms with van der Waals surface area (Å²) in [7, 11) is 3.03. The fourth-order valence-electron chi connectivity index (χ4n) is 1.90. The second-order valence-corrected chi connectivity index (χ2v) is 6.55. The van der Waals surface area contributed by atoms with E-state index in [4.69, 9.17) is 0 Å². The molecule has 122 valence electrons. The van der Waals surface area contributed by atoms with E-state index < -0.39 is 0 Å².